The standard InChI is InChI=1S/C13H15N3O3/c1-2-4-10(17)14-9-6-3-5-8(7-9)11-12(18)16-13(19)15-11/h3,5-7,11H,2,4H2,1H3,(H,14,17)(H2,15,16,18,19). The molecule has 1 atom stereocenters. The normalized spacial score (nSPS) is 17.8. The number of benzene rings is 1. The van der Waals surface area contributed by atoms with Gasteiger partial charge in [0.15, 0.2) is 0 Å². The van der Waals surface area contributed by atoms with Crippen molar-refractivity contribution < 1.29 is 14.4 Å². The van der Waals surface area contributed by atoms with E-state index in [-0.39, 0.29) is 11.8 Å². The average molecular weight is 261 g/mol. The monoisotopic (exact) mass is 261 g/mol. The zero-order valence-electron chi connectivity index (χ0n) is 10.5. The molecule has 6 nitrogen and oxygen atoms in total. The van der Waals surface area contributed by atoms with E-state index in [1.165, 1.54) is 0 Å². The molecule has 1 aliphatic rings. The number of carbonyl (C=O) groups excluding carboxylic acids is 3. The fourth-order valence-corrected chi connectivity index (χ4v) is 1.90. The molecule has 1 saturated heterocycles. The van der Waals surface area contributed by atoms with Gasteiger partial charge in [0, 0.05) is 12.1 Å². The molecule has 1 fully saturated rings. The smallest absolute Gasteiger partial charge is 0.322 e. The first-order valence-electron chi connectivity index (χ1n) is 6.11. The van der Waals surface area contributed by atoms with Gasteiger partial charge in [-0.05, 0) is 24.1 Å². The van der Waals surface area contributed by atoms with Crippen LogP contribution < -0.4 is 16.0 Å². The number of amides is 4. The fraction of sp³-hybridized carbons (Fsp3) is 0.308. The molecule has 0 aliphatic carbocycles. The first kappa shape index (κ1) is 13.1. The number of rotatable bonds is 4. The first-order valence-corrected chi connectivity index (χ1v) is 6.11. The average Bonchev–Trinajstić information content (AvgIpc) is 2.69. The van der Waals surface area contributed by atoms with Crippen molar-refractivity contribution in [3.8, 4) is 0 Å². The van der Waals surface area contributed by atoms with Gasteiger partial charge in [-0.2, -0.15) is 0 Å². The number of urea groups is 1. The van der Waals surface area contributed by atoms with Crippen LogP contribution in [0.1, 0.15) is 31.4 Å². The van der Waals surface area contributed by atoms with Crippen LogP contribution in [0.15, 0.2) is 24.3 Å². The molecule has 6 heteroatoms. The Kier molecular flexibility index (Phi) is 3.79. The summed E-state index contributed by atoms with van der Waals surface area (Å²) in [6.45, 7) is 1.92. The maximum Gasteiger partial charge on any atom is 0.322 e. The molecule has 0 spiro atoms. The molecular formula is C13H15N3O3. The highest BCUT2D eigenvalue weighted by Crippen LogP contribution is 2.20. The third kappa shape index (κ3) is 3.09. The van der Waals surface area contributed by atoms with Crippen LogP contribution in [-0.4, -0.2) is 17.8 Å². The second-order valence-electron chi connectivity index (χ2n) is 4.32. The van der Waals surface area contributed by atoms with Crippen LogP contribution in [0.4, 0.5) is 10.5 Å². The third-order valence-electron chi connectivity index (χ3n) is 2.76. The van der Waals surface area contributed by atoms with Crippen molar-refractivity contribution in [3.63, 3.8) is 0 Å². The molecule has 1 aliphatic heterocycles. The highest BCUT2D eigenvalue weighted by atomic mass is 16.2. The molecule has 19 heavy (non-hydrogen) atoms. The van der Waals surface area contributed by atoms with Crippen molar-refractivity contribution >= 4 is 23.5 Å². The van der Waals surface area contributed by atoms with Crippen LogP contribution in [0.25, 0.3) is 0 Å². The minimum absolute atomic E-state index is 0.0699. The molecule has 100 valence electrons. The van der Waals surface area contributed by atoms with E-state index >= 15 is 0 Å². The van der Waals surface area contributed by atoms with Crippen LogP contribution in [0.3, 0.4) is 0 Å². The molecule has 1 aromatic rings. The third-order valence-corrected chi connectivity index (χ3v) is 2.76. The van der Waals surface area contributed by atoms with Crippen molar-refractivity contribution in [2.45, 2.75) is 25.8 Å². The Morgan fingerprint density at radius 2 is 2.16 bits per heavy atom. The molecule has 0 aromatic heterocycles. The Bertz CT molecular complexity index is 528. The number of hydrogen-bond acceptors (Lipinski definition) is 3. The summed E-state index contributed by atoms with van der Waals surface area (Å²) in [6.07, 6.45) is 1.22. The maximum absolute atomic E-state index is 11.5. The van der Waals surface area contributed by atoms with Crippen LogP contribution in [0.5, 0.6) is 0 Å². The summed E-state index contributed by atoms with van der Waals surface area (Å²) in [4.78, 5) is 34.1. The van der Waals surface area contributed by atoms with Gasteiger partial charge in [-0.3, -0.25) is 14.9 Å². The Balaban J connectivity index is 2.13. The Morgan fingerprint density at radius 1 is 1.37 bits per heavy atom. The summed E-state index contributed by atoms with van der Waals surface area (Å²) in [5.74, 6) is -0.457. The van der Waals surface area contributed by atoms with Crippen LogP contribution in [0.2, 0.25) is 0 Å². The van der Waals surface area contributed by atoms with E-state index in [4.69, 9.17) is 0 Å². The predicted octanol–water partition coefficient (Wildman–Crippen LogP) is 1.31. The largest absolute Gasteiger partial charge is 0.326 e. The van der Waals surface area contributed by atoms with Gasteiger partial charge in [0.05, 0.1) is 0 Å². The number of nitrogens with one attached hydrogen (secondary N) is 3. The SMILES string of the molecule is CCCC(=O)Nc1cccc(C2NC(=O)NC2=O)c1. The number of imide groups is 1. The molecule has 3 N–H and O–H groups in total. The summed E-state index contributed by atoms with van der Waals surface area (Å²) in [5.41, 5.74) is 1.25. The summed E-state index contributed by atoms with van der Waals surface area (Å²) >= 11 is 0. The maximum atomic E-state index is 11.5. The summed E-state index contributed by atoms with van der Waals surface area (Å²) in [7, 11) is 0. The first-order chi connectivity index (χ1) is 9.10. The molecule has 1 aromatic carbocycles. The molecule has 2 rings (SSSR count). The van der Waals surface area contributed by atoms with E-state index in [0.717, 1.165) is 6.42 Å². The van der Waals surface area contributed by atoms with E-state index in [1.54, 1.807) is 24.3 Å². The highest BCUT2D eigenvalue weighted by molar-refractivity contribution is 6.04. The second kappa shape index (κ2) is 5.51. The van der Waals surface area contributed by atoms with Crippen molar-refractivity contribution in [1.82, 2.24) is 10.6 Å². The lowest BCUT2D eigenvalue weighted by molar-refractivity contribution is -0.120. The van der Waals surface area contributed by atoms with Crippen LogP contribution >= 0.6 is 0 Å². The molecular weight excluding hydrogens is 246 g/mol. The predicted molar refractivity (Wildman–Crippen MR) is 69.4 cm³/mol. The van der Waals surface area contributed by atoms with E-state index in [2.05, 4.69) is 16.0 Å². The van der Waals surface area contributed by atoms with Crippen molar-refractivity contribution in [3.05, 3.63) is 29.8 Å². The highest BCUT2D eigenvalue weighted by Gasteiger charge is 2.30. The number of hydrogen-bond donors (Lipinski definition) is 3. The minimum Gasteiger partial charge on any atom is -0.326 e. The van der Waals surface area contributed by atoms with Gasteiger partial charge in [-0.1, -0.05) is 19.1 Å². The molecule has 0 saturated carbocycles. The van der Waals surface area contributed by atoms with Gasteiger partial charge in [-0.25, -0.2) is 4.79 Å². The van der Waals surface area contributed by atoms with Crippen molar-refractivity contribution in [2.24, 2.45) is 0 Å². The zero-order valence-corrected chi connectivity index (χ0v) is 10.5. The van der Waals surface area contributed by atoms with Gasteiger partial charge in [0.1, 0.15) is 6.04 Å². The Morgan fingerprint density at radius 3 is 2.79 bits per heavy atom. The van der Waals surface area contributed by atoms with Gasteiger partial charge >= 0.3 is 6.03 Å². The molecule has 4 amide bonds. The fourth-order valence-electron chi connectivity index (χ4n) is 1.90. The second-order valence-corrected chi connectivity index (χ2v) is 4.32. The van der Waals surface area contributed by atoms with Gasteiger partial charge < -0.3 is 10.6 Å². The zero-order chi connectivity index (χ0) is 13.8. The van der Waals surface area contributed by atoms with Crippen molar-refractivity contribution in [2.75, 3.05) is 5.32 Å². The summed E-state index contributed by atoms with van der Waals surface area (Å²) < 4.78 is 0. The van der Waals surface area contributed by atoms with E-state index in [0.29, 0.717) is 17.7 Å². The lowest BCUT2D eigenvalue weighted by Gasteiger charge is -2.10. The van der Waals surface area contributed by atoms with Crippen molar-refractivity contribution in [1.29, 1.82) is 0 Å². The van der Waals surface area contributed by atoms with Crippen LogP contribution in [-0.2, 0) is 9.59 Å². The van der Waals surface area contributed by atoms with E-state index in [9.17, 15) is 14.4 Å². The lowest BCUT2D eigenvalue weighted by Crippen LogP contribution is -2.22. The van der Waals surface area contributed by atoms with Crippen LogP contribution in [0, 0.1) is 0 Å². The summed E-state index contributed by atoms with van der Waals surface area (Å²) in [5, 5.41) is 7.43. The molecule has 1 heterocycles. The Labute approximate surface area is 110 Å². The van der Waals surface area contributed by atoms with Gasteiger partial charge in [0.2, 0.25) is 5.91 Å². The number of anilines is 1. The molecule has 1 unspecified atom stereocenters. The Hall–Kier alpha value is -2.37. The van der Waals surface area contributed by atoms with Gasteiger partial charge in [0.25, 0.3) is 5.91 Å². The molecule has 0 radical (unpaired) electrons. The van der Waals surface area contributed by atoms with Gasteiger partial charge in [-0.15, -0.1) is 0 Å². The lowest BCUT2D eigenvalue weighted by atomic mass is 10.1. The quantitative estimate of drug-likeness (QED) is 0.714. The summed E-state index contributed by atoms with van der Waals surface area (Å²) in [6, 6.07) is 5.68. The topological polar surface area (TPSA) is 87.3 Å². The number of carbonyl (C=O) groups is 3. The van der Waals surface area contributed by atoms with E-state index in [1.807, 2.05) is 6.92 Å². The minimum atomic E-state index is -0.699. The van der Waals surface area contributed by atoms with E-state index < -0.39 is 12.1 Å². The molecule has 0 bridgehead atoms.